The van der Waals surface area contributed by atoms with Crippen LogP contribution in [-0.2, 0) is 17.7 Å². The van der Waals surface area contributed by atoms with Crippen molar-refractivity contribution < 1.29 is 14.1 Å². The Bertz CT molecular complexity index is 753. The highest BCUT2D eigenvalue weighted by Gasteiger charge is 2.31. The highest BCUT2D eigenvalue weighted by molar-refractivity contribution is 7.13. The molecule has 0 spiro atoms. The summed E-state index contributed by atoms with van der Waals surface area (Å²) in [6.45, 7) is 6.15. The fourth-order valence-electron chi connectivity index (χ4n) is 3.59. The van der Waals surface area contributed by atoms with Gasteiger partial charge in [0.2, 0.25) is 0 Å². The van der Waals surface area contributed by atoms with Gasteiger partial charge in [-0.05, 0) is 32.9 Å². The average molecular weight is 376 g/mol. The predicted molar refractivity (Wildman–Crippen MR) is 97.1 cm³/mol. The maximum absolute atomic E-state index is 12.6. The van der Waals surface area contributed by atoms with Crippen LogP contribution < -0.4 is 5.32 Å². The Balaban J connectivity index is 1.33. The summed E-state index contributed by atoms with van der Waals surface area (Å²) in [5.41, 5.74) is 0.870. The second kappa shape index (κ2) is 7.85. The van der Waals surface area contributed by atoms with E-state index >= 15 is 0 Å². The molecule has 0 saturated carbocycles. The molecule has 2 fully saturated rings. The molecule has 4 rings (SSSR count). The monoisotopic (exact) mass is 376 g/mol. The van der Waals surface area contributed by atoms with Crippen molar-refractivity contribution in [1.82, 2.24) is 20.4 Å². The molecule has 4 heterocycles. The van der Waals surface area contributed by atoms with Crippen molar-refractivity contribution in [1.29, 1.82) is 0 Å². The highest BCUT2D eigenvalue weighted by atomic mass is 32.1. The van der Waals surface area contributed by atoms with E-state index in [1.807, 2.05) is 13.0 Å². The van der Waals surface area contributed by atoms with E-state index in [0.29, 0.717) is 24.5 Å². The fourth-order valence-corrected chi connectivity index (χ4v) is 4.45. The molecule has 1 N–H and O–H groups in total. The molecule has 2 saturated heterocycles. The van der Waals surface area contributed by atoms with Gasteiger partial charge in [0.1, 0.15) is 15.6 Å². The minimum absolute atomic E-state index is 0.0166. The smallest absolute Gasteiger partial charge is 0.263 e. The first kappa shape index (κ1) is 17.6. The summed E-state index contributed by atoms with van der Waals surface area (Å²) >= 11 is 1.49. The fraction of sp³-hybridized carbons (Fsp3) is 0.611. The first-order valence-corrected chi connectivity index (χ1v) is 9.97. The van der Waals surface area contributed by atoms with E-state index in [-0.39, 0.29) is 17.9 Å². The van der Waals surface area contributed by atoms with Crippen molar-refractivity contribution in [3.05, 3.63) is 33.6 Å². The Kier molecular flexibility index (Phi) is 5.33. The Morgan fingerprint density at radius 3 is 3.00 bits per heavy atom. The van der Waals surface area contributed by atoms with E-state index in [0.717, 1.165) is 36.1 Å². The summed E-state index contributed by atoms with van der Waals surface area (Å²) in [4.78, 5) is 20.1. The van der Waals surface area contributed by atoms with Crippen molar-refractivity contribution in [2.75, 3.05) is 26.3 Å². The number of likely N-dealkylation sites (tertiary alicyclic amines) is 1. The molecule has 26 heavy (non-hydrogen) atoms. The molecule has 2 aliphatic rings. The first-order valence-electron chi connectivity index (χ1n) is 9.15. The minimum atomic E-state index is -0.0653. The average Bonchev–Trinajstić information content (AvgIpc) is 3.38. The number of hydrogen-bond donors (Lipinski definition) is 1. The number of amides is 1. The zero-order valence-corrected chi connectivity index (χ0v) is 15.8. The molecule has 140 valence electrons. The van der Waals surface area contributed by atoms with E-state index in [1.54, 1.807) is 6.20 Å². The molecule has 2 aliphatic heterocycles. The number of hydrogen-bond acceptors (Lipinski definition) is 7. The SMILES string of the molecule is Cc1cc(C[C@@H]2COC[C@@H]2NC(=O)c2cnc(CN3CCCC3)s2)on1. The van der Waals surface area contributed by atoms with Gasteiger partial charge in [-0.1, -0.05) is 5.16 Å². The molecule has 1 amide bonds. The lowest BCUT2D eigenvalue weighted by Crippen LogP contribution is -2.40. The van der Waals surface area contributed by atoms with Crippen molar-refractivity contribution >= 4 is 17.2 Å². The molecule has 8 heteroatoms. The largest absolute Gasteiger partial charge is 0.379 e. The second-order valence-corrected chi connectivity index (χ2v) is 8.23. The number of rotatable bonds is 6. The normalized spacial score (nSPS) is 23.6. The number of carbonyl (C=O) groups is 1. The molecule has 0 aliphatic carbocycles. The summed E-state index contributed by atoms with van der Waals surface area (Å²) in [6, 6.07) is 1.92. The second-order valence-electron chi connectivity index (χ2n) is 7.12. The number of nitrogens with one attached hydrogen (secondary N) is 1. The van der Waals surface area contributed by atoms with Crippen LogP contribution in [0.1, 0.15) is 39.0 Å². The molecule has 0 unspecified atom stereocenters. The Morgan fingerprint density at radius 2 is 2.23 bits per heavy atom. The number of aryl methyl sites for hydroxylation is 1. The van der Waals surface area contributed by atoms with Gasteiger partial charge in [0.25, 0.3) is 5.91 Å². The number of aromatic nitrogens is 2. The molecule has 2 aromatic rings. The minimum Gasteiger partial charge on any atom is -0.379 e. The number of nitrogens with zero attached hydrogens (tertiary/aromatic N) is 3. The molecular formula is C18H24N4O3S. The van der Waals surface area contributed by atoms with Gasteiger partial charge in [0.15, 0.2) is 0 Å². The number of thiazole rings is 1. The highest BCUT2D eigenvalue weighted by Crippen LogP contribution is 2.22. The maximum Gasteiger partial charge on any atom is 0.263 e. The molecule has 7 nitrogen and oxygen atoms in total. The van der Waals surface area contributed by atoms with Gasteiger partial charge < -0.3 is 14.6 Å². The van der Waals surface area contributed by atoms with Gasteiger partial charge in [0, 0.05) is 18.4 Å². The lowest BCUT2D eigenvalue weighted by Gasteiger charge is -2.17. The first-order chi connectivity index (χ1) is 12.7. The van der Waals surface area contributed by atoms with Crippen molar-refractivity contribution in [2.24, 2.45) is 5.92 Å². The van der Waals surface area contributed by atoms with Gasteiger partial charge in [-0.25, -0.2) is 4.98 Å². The third-order valence-electron chi connectivity index (χ3n) is 4.99. The molecule has 2 aromatic heterocycles. The van der Waals surface area contributed by atoms with Crippen molar-refractivity contribution in [3.8, 4) is 0 Å². The maximum atomic E-state index is 12.6. The van der Waals surface area contributed by atoms with Crippen LogP contribution in [0.15, 0.2) is 16.8 Å². The lowest BCUT2D eigenvalue weighted by molar-refractivity contribution is 0.0928. The zero-order chi connectivity index (χ0) is 17.9. The van der Waals surface area contributed by atoms with Gasteiger partial charge in [-0.2, -0.15) is 0 Å². The van der Waals surface area contributed by atoms with Crippen molar-refractivity contribution in [2.45, 2.75) is 38.8 Å². The van der Waals surface area contributed by atoms with Crippen LogP contribution in [0.4, 0.5) is 0 Å². The van der Waals surface area contributed by atoms with Gasteiger partial charge in [-0.3, -0.25) is 9.69 Å². The third-order valence-corrected chi connectivity index (χ3v) is 5.97. The summed E-state index contributed by atoms with van der Waals surface area (Å²) in [5.74, 6) is 0.968. The molecule has 0 aromatic carbocycles. The number of ether oxygens (including phenoxy) is 1. The summed E-state index contributed by atoms with van der Waals surface area (Å²) in [6.07, 6.45) is 4.92. The Hall–Kier alpha value is -1.77. The van der Waals surface area contributed by atoms with Crippen LogP contribution in [0.2, 0.25) is 0 Å². The molecule has 2 atom stereocenters. The topological polar surface area (TPSA) is 80.5 Å². The summed E-state index contributed by atoms with van der Waals surface area (Å²) in [7, 11) is 0. The molecule has 0 bridgehead atoms. The zero-order valence-electron chi connectivity index (χ0n) is 14.9. The molecule has 0 radical (unpaired) electrons. The van der Waals surface area contributed by atoms with E-state index in [9.17, 15) is 4.79 Å². The third kappa shape index (κ3) is 4.13. The van der Waals surface area contributed by atoms with Gasteiger partial charge in [0.05, 0.1) is 37.7 Å². The Labute approximate surface area is 156 Å². The summed E-state index contributed by atoms with van der Waals surface area (Å²) in [5, 5.41) is 8.04. The van der Waals surface area contributed by atoms with Crippen LogP contribution in [0, 0.1) is 12.8 Å². The van der Waals surface area contributed by atoms with Crippen LogP contribution in [0.5, 0.6) is 0 Å². The van der Waals surface area contributed by atoms with Crippen LogP contribution in [0.25, 0.3) is 0 Å². The lowest BCUT2D eigenvalue weighted by atomic mass is 9.98. The predicted octanol–water partition coefficient (Wildman–Crippen LogP) is 2.02. The van der Waals surface area contributed by atoms with Crippen molar-refractivity contribution in [3.63, 3.8) is 0 Å². The quantitative estimate of drug-likeness (QED) is 0.831. The van der Waals surface area contributed by atoms with Crippen LogP contribution in [-0.4, -0.2) is 53.3 Å². The van der Waals surface area contributed by atoms with E-state index < -0.39 is 0 Å². The number of carbonyl (C=O) groups excluding carboxylic acids is 1. The van der Waals surface area contributed by atoms with Gasteiger partial charge >= 0.3 is 0 Å². The summed E-state index contributed by atoms with van der Waals surface area (Å²) < 4.78 is 10.9. The van der Waals surface area contributed by atoms with E-state index in [4.69, 9.17) is 9.26 Å². The van der Waals surface area contributed by atoms with Gasteiger partial charge in [-0.15, -0.1) is 11.3 Å². The van der Waals surface area contributed by atoms with Crippen LogP contribution in [0.3, 0.4) is 0 Å². The molecular weight excluding hydrogens is 352 g/mol. The van der Waals surface area contributed by atoms with E-state index in [2.05, 4.69) is 20.4 Å². The van der Waals surface area contributed by atoms with Crippen LogP contribution >= 0.6 is 11.3 Å². The van der Waals surface area contributed by atoms with E-state index in [1.165, 1.54) is 24.2 Å². The standard InChI is InChI=1S/C18H24N4O3S/c1-12-6-14(25-21-12)7-13-10-24-11-15(13)20-18(23)16-8-19-17(26-16)9-22-4-2-3-5-22/h6,8,13,15H,2-5,7,9-11H2,1H3,(H,20,23)/t13-,15+/m1/s1. The Morgan fingerprint density at radius 1 is 1.38 bits per heavy atom.